The largest absolute Gasteiger partial charge is 0.355 e. The molecule has 2 rings (SSSR count). The lowest BCUT2D eigenvalue weighted by Gasteiger charge is -2.31. The second-order valence-corrected chi connectivity index (χ2v) is 7.05. The third-order valence-electron chi connectivity index (χ3n) is 4.26. The molecule has 1 fully saturated rings. The summed E-state index contributed by atoms with van der Waals surface area (Å²) in [6.07, 6.45) is 1.24. The highest BCUT2D eigenvalue weighted by Gasteiger charge is 2.33. The molecule has 0 spiro atoms. The fraction of sp³-hybridized carbons (Fsp3) is 0.611. The van der Waals surface area contributed by atoms with Crippen LogP contribution in [0.4, 0.5) is 0 Å². The van der Waals surface area contributed by atoms with Crippen molar-refractivity contribution < 1.29 is 0 Å². The first kappa shape index (κ1) is 16.8. The van der Waals surface area contributed by atoms with Crippen LogP contribution in [0.15, 0.2) is 35.3 Å². The van der Waals surface area contributed by atoms with Gasteiger partial charge in [-0.05, 0) is 38.7 Å². The van der Waals surface area contributed by atoms with Crippen LogP contribution in [0.2, 0.25) is 0 Å². The highest BCUT2D eigenvalue weighted by molar-refractivity contribution is 5.80. The van der Waals surface area contributed by atoms with Gasteiger partial charge in [-0.1, -0.05) is 37.3 Å². The van der Waals surface area contributed by atoms with Crippen molar-refractivity contribution >= 4 is 5.96 Å². The zero-order valence-electron chi connectivity index (χ0n) is 14.5. The van der Waals surface area contributed by atoms with Crippen LogP contribution in [-0.4, -0.2) is 31.1 Å². The van der Waals surface area contributed by atoms with Gasteiger partial charge in [0.15, 0.2) is 5.96 Å². The van der Waals surface area contributed by atoms with Crippen LogP contribution in [0, 0.1) is 5.92 Å². The van der Waals surface area contributed by atoms with Gasteiger partial charge in [-0.2, -0.15) is 0 Å². The van der Waals surface area contributed by atoms with E-state index in [2.05, 4.69) is 79.0 Å². The zero-order valence-corrected chi connectivity index (χ0v) is 14.5. The number of nitrogens with zero attached hydrogens (tertiary/aromatic N) is 1. The van der Waals surface area contributed by atoms with Crippen LogP contribution in [0.5, 0.6) is 0 Å². The molecule has 3 unspecified atom stereocenters. The second kappa shape index (κ2) is 7.14. The Bertz CT molecular complexity index is 495. The molecule has 1 aromatic carbocycles. The molecule has 0 saturated heterocycles. The van der Waals surface area contributed by atoms with Gasteiger partial charge in [0, 0.05) is 31.2 Å². The minimum absolute atomic E-state index is 0.0257. The summed E-state index contributed by atoms with van der Waals surface area (Å²) >= 11 is 0. The number of guanidine groups is 1. The normalized spacial score (nSPS) is 23.0. The van der Waals surface area contributed by atoms with Crippen LogP contribution in [0.1, 0.15) is 45.7 Å². The maximum absolute atomic E-state index is 4.31. The van der Waals surface area contributed by atoms with E-state index in [4.69, 9.17) is 0 Å². The first-order chi connectivity index (χ1) is 10.4. The lowest BCUT2D eigenvalue weighted by atomic mass is 10.0. The van der Waals surface area contributed by atoms with Crippen LogP contribution in [-0.2, 0) is 0 Å². The Morgan fingerprint density at radius 3 is 2.50 bits per heavy atom. The summed E-state index contributed by atoms with van der Waals surface area (Å²) in [7, 11) is 1.83. The molecule has 1 aliphatic rings. The minimum atomic E-state index is -0.0257. The molecular weight excluding hydrogens is 272 g/mol. The van der Waals surface area contributed by atoms with E-state index in [-0.39, 0.29) is 5.54 Å². The van der Waals surface area contributed by atoms with E-state index in [9.17, 15) is 0 Å². The molecule has 1 aromatic rings. The molecule has 3 atom stereocenters. The average molecular weight is 302 g/mol. The molecule has 122 valence electrons. The summed E-state index contributed by atoms with van der Waals surface area (Å²) < 4.78 is 0. The van der Waals surface area contributed by atoms with Crippen molar-refractivity contribution in [1.29, 1.82) is 0 Å². The molecule has 0 aliphatic heterocycles. The highest BCUT2D eigenvalue weighted by Crippen LogP contribution is 2.28. The van der Waals surface area contributed by atoms with Gasteiger partial charge in [0.1, 0.15) is 0 Å². The molecule has 4 nitrogen and oxygen atoms in total. The summed E-state index contributed by atoms with van der Waals surface area (Å²) in [5, 5.41) is 10.6. The van der Waals surface area contributed by atoms with E-state index in [0.29, 0.717) is 12.1 Å². The van der Waals surface area contributed by atoms with Crippen molar-refractivity contribution in [2.75, 3.05) is 13.6 Å². The Hall–Kier alpha value is -1.55. The summed E-state index contributed by atoms with van der Waals surface area (Å²) in [5.41, 5.74) is 1.28. The summed E-state index contributed by atoms with van der Waals surface area (Å²) in [6.45, 7) is 9.72. The molecule has 1 aliphatic carbocycles. The molecule has 0 amide bonds. The Labute approximate surface area is 134 Å². The number of hydrogen-bond acceptors (Lipinski definition) is 2. The topological polar surface area (TPSA) is 48.5 Å². The lowest BCUT2D eigenvalue weighted by molar-refractivity contribution is 0.344. The Kier molecular flexibility index (Phi) is 5.46. The van der Waals surface area contributed by atoms with Gasteiger partial charge < -0.3 is 16.0 Å². The van der Waals surface area contributed by atoms with E-state index in [1.807, 2.05) is 7.05 Å². The van der Waals surface area contributed by atoms with Crippen molar-refractivity contribution in [3.05, 3.63) is 35.9 Å². The van der Waals surface area contributed by atoms with Crippen molar-refractivity contribution in [2.24, 2.45) is 10.9 Å². The standard InChI is InChI=1S/C18H30N4/c1-13-11-16(13)21-17(19-5)20-12-18(3,4)22-14(2)15-9-7-6-8-10-15/h6-10,13-14,16,22H,11-12H2,1-5H3,(H2,19,20,21). The van der Waals surface area contributed by atoms with Crippen molar-refractivity contribution in [1.82, 2.24) is 16.0 Å². The third kappa shape index (κ3) is 5.02. The molecule has 1 saturated carbocycles. The molecule has 0 aromatic heterocycles. The lowest BCUT2D eigenvalue weighted by Crippen LogP contribution is -2.52. The second-order valence-electron chi connectivity index (χ2n) is 7.05. The quantitative estimate of drug-likeness (QED) is 0.559. The van der Waals surface area contributed by atoms with Gasteiger partial charge in [-0.3, -0.25) is 4.99 Å². The maximum atomic E-state index is 4.31. The first-order valence-electron chi connectivity index (χ1n) is 8.21. The van der Waals surface area contributed by atoms with Gasteiger partial charge in [0.25, 0.3) is 0 Å². The molecule has 22 heavy (non-hydrogen) atoms. The fourth-order valence-electron chi connectivity index (χ4n) is 2.66. The molecule has 0 heterocycles. The van der Waals surface area contributed by atoms with Gasteiger partial charge in [0.2, 0.25) is 0 Å². The molecule has 3 N–H and O–H groups in total. The minimum Gasteiger partial charge on any atom is -0.355 e. The summed E-state index contributed by atoms with van der Waals surface area (Å²) in [4.78, 5) is 4.31. The maximum Gasteiger partial charge on any atom is 0.191 e. The number of nitrogens with one attached hydrogen (secondary N) is 3. The van der Waals surface area contributed by atoms with Crippen molar-refractivity contribution in [2.45, 2.75) is 51.7 Å². The monoisotopic (exact) mass is 302 g/mol. The Morgan fingerprint density at radius 1 is 1.32 bits per heavy atom. The number of rotatable bonds is 6. The first-order valence-corrected chi connectivity index (χ1v) is 8.21. The average Bonchev–Trinajstić information content (AvgIpc) is 3.19. The third-order valence-corrected chi connectivity index (χ3v) is 4.26. The Morgan fingerprint density at radius 2 is 1.95 bits per heavy atom. The van der Waals surface area contributed by atoms with Gasteiger partial charge in [-0.15, -0.1) is 0 Å². The molecule has 0 bridgehead atoms. The van der Waals surface area contributed by atoms with Crippen LogP contribution in [0.3, 0.4) is 0 Å². The van der Waals surface area contributed by atoms with E-state index in [1.165, 1.54) is 12.0 Å². The summed E-state index contributed by atoms with van der Waals surface area (Å²) in [5.74, 6) is 1.67. The van der Waals surface area contributed by atoms with E-state index in [0.717, 1.165) is 18.4 Å². The van der Waals surface area contributed by atoms with Gasteiger partial charge >= 0.3 is 0 Å². The number of aliphatic imine (C=N–C) groups is 1. The SMILES string of the molecule is CN=C(NCC(C)(C)NC(C)c1ccccc1)NC1CC1C. The molecular formula is C18H30N4. The molecule has 0 radical (unpaired) electrons. The van der Waals surface area contributed by atoms with Crippen molar-refractivity contribution in [3.8, 4) is 0 Å². The van der Waals surface area contributed by atoms with Crippen LogP contribution < -0.4 is 16.0 Å². The number of hydrogen-bond donors (Lipinski definition) is 3. The predicted molar refractivity (Wildman–Crippen MR) is 94.1 cm³/mol. The van der Waals surface area contributed by atoms with Gasteiger partial charge in [-0.25, -0.2) is 0 Å². The van der Waals surface area contributed by atoms with Gasteiger partial charge in [0.05, 0.1) is 0 Å². The van der Waals surface area contributed by atoms with Crippen LogP contribution in [0.25, 0.3) is 0 Å². The smallest absolute Gasteiger partial charge is 0.191 e. The number of benzene rings is 1. The molecule has 4 heteroatoms. The zero-order chi connectivity index (χ0) is 16.2. The highest BCUT2D eigenvalue weighted by atomic mass is 15.2. The Balaban J connectivity index is 1.82. The van der Waals surface area contributed by atoms with E-state index >= 15 is 0 Å². The van der Waals surface area contributed by atoms with Crippen molar-refractivity contribution in [3.63, 3.8) is 0 Å². The van der Waals surface area contributed by atoms with Crippen LogP contribution >= 0.6 is 0 Å². The predicted octanol–water partition coefficient (Wildman–Crippen LogP) is 2.69. The fourth-order valence-corrected chi connectivity index (χ4v) is 2.66. The van der Waals surface area contributed by atoms with E-state index in [1.54, 1.807) is 0 Å². The summed E-state index contributed by atoms with van der Waals surface area (Å²) in [6, 6.07) is 11.5. The van der Waals surface area contributed by atoms with E-state index < -0.39 is 0 Å².